The number of nitrogens with one attached hydrogen (secondary N) is 1. The van der Waals surface area contributed by atoms with E-state index >= 15 is 0 Å². The van der Waals surface area contributed by atoms with E-state index in [4.69, 9.17) is 0 Å². The first-order valence-corrected chi connectivity index (χ1v) is 14.0. The van der Waals surface area contributed by atoms with Gasteiger partial charge in [0.25, 0.3) is 5.91 Å². The van der Waals surface area contributed by atoms with Gasteiger partial charge in [-0.3, -0.25) is 9.59 Å². The van der Waals surface area contributed by atoms with Gasteiger partial charge in [0.1, 0.15) is 0 Å². The molecule has 1 N–H and O–H groups in total. The van der Waals surface area contributed by atoms with Crippen LogP contribution in [0.5, 0.6) is 0 Å². The summed E-state index contributed by atoms with van der Waals surface area (Å²) in [5, 5.41) is 5.30. The van der Waals surface area contributed by atoms with Crippen molar-refractivity contribution in [2.45, 2.75) is 76.8 Å². The molecule has 4 rings (SSSR count). The minimum atomic E-state index is -0.379. The molecule has 2 atom stereocenters. The SMILES string of the molecule is CCCCN(CC)CCCNC(=O)[C@H]1c2ccccc2C(=O)N(C2CCCC2)[C@@H]1c1cccs1. The van der Waals surface area contributed by atoms with Gasteiger partial charge in [-0.15, -0.1) is 11.3 Å². The van der Waals surface area contributed by atoms with Crippen LogP contribution in [0.2, 0.25) is 0 Å². The number of carbonyl (C=O) groups excluding carboxylic acids is 2. The standard InChI is InChI=1S/C28H39N3O2S/c1-3-5-18-30(4-2)19-11-17-29-27(32)25-22-14-8-9-15-23(22)28(33)31(21-12-6-7-13-21)26(25)24-16-10-20-34-24/h8-10,14-16,20-21,25-26H,3-7,11-13,17-19H2,1-2H3,(H,29,32)/t25-,26+/m0/s1. The Morgan fingerprint density at radius 2 is 1.85 bits per heavy atom. The number of rotatable bonds is 11. The molecule has 2 heterocycles. The van der Waals surface area contributed by atoms with E-state index in [1.807, 2.05) is 30.3 Å². The number of hydrogen-bond acceptors (Lipinski definition) is 4. The van der Waals surface area contributed by atoms with E-state index in [2.05, 4.69) is 40.4 Å². The van der Waals surface area contributed by atoms with Gasteiger partial charge in [0.05, 0.1) is 12.0 Å². The highest BCUT2D eigenvalue weighted by atomic mass is 32.1. The minimum absolute atomic E-state index is 0.0398. The molecule has 2 amide bonds. The Labute approximate surface area is 208 Å². The Kier molecular flexibility index (Phi) is 8.79. The molecule has 1 aliphatic carbocycles. The molecule has 6 heteroatoms. The number of hydrogen-bond donors (Lipinski definition) is 1. The van der Waals surface area contributed by atoms with Crippen LogP contribution in [0.1, 0.15) is 91.6 Å². The summed E-state index contributed by atoms with van der Waals surface area (Å²) in [5.41, 5.74) is 1.56. The molecule has 0 radical (unpaired) electrons. The molecule has 1 aromatic carbocycles. The van der Waals surface area contributed by atoms with E-state index in [-0.39, 0.29) is 29.8 Å². The molecule has 2 aromatic rings. The van der Waals surface area contributed by atoms with E-state index in [1.54, 1.807) is 11.3 Å². The number of unbranched alkanes of at least 4 members (excludes halogenated alkanes) is 1. The molecule has 2 aliphatic rings. The van der Waals surface area contributed by atoms with Crippen molar-refractivity contribution in [3.8, 4) is 0 Å². The maximum Gasteiger partial charge on any atom is 0.254 e. The molecule has 1 saturated carbocycles. The summed E-state index contributed by atoms with van der Waals surface area (Å²) in [6.45, 7) is 8.25. The lowest BCUT2D eigenvalue weighted by Crippen LogP contribution is -2.50. The highest BCUT2D eigenvalue weighted by Gasteiger charge is 2.47. The Bertz CT molecular complexity index is 939. The van der Waals surface area contributed by atoms with Gasteiger partial charge in [0.15, 0.2) is 0 Å². The normalized spacial score (nSPS) is 20.7. The van der Waals surface area contributed by atoms with Gasteiger partial charge in [-0.05, 0) is 68.4 Å². The quantitative estimate of drug-likeness (QED) is 0.425. The zero-order valence-electron chi connectivity index (χ0n) is 20.7. The lowest BCUT2D eigenvalue weighted by Gasteiger charge is -2.44. The van der Waals surface area contributed by atoms with Gasteiger partial charge in [-0.25, -0.2) is 0 Å². The average Bonchev–Trinajstić information content (AvgIpc) is 3.58. The third kappa shape index (κ3) is 5.38. The predicted molar refractivity (Wildman–Crippen MR) is 139 cm³/mol. The number of benzene rings is 1. The van der Waals surface area contributed by atoms with E-state index in [0.717, 1.165) is 62.2 Å². The van der Waals surface area contributed by atoms with Crippen molar-refractivity contribution >= 4 is 23.2 Å². The van der Waals surface area contributed by atoms with Crippen molar-refractivity contribution < 1.29 is 9.59 Å². The Morgan fingerprint density at radius 1 is 1.09 bits per heavy atom. The van der Waals surface area contributed by atoms with Gasteiger partial charge in [0.2, 0.25) is 5.91 Å². The van der Waals surface area contributed by atoms with E-state index in [1.165, 1.54) is 12.8 Å². The van der Waals surface area contributed by atoms with Crippen LogP contribution in [0.3, 0.4) is 0 Å². The Morgan fingerprint density at radius 3 is 2.56 bits per heavy atom. The first-order valence-electron chi connectivity index (χ1n) is 13.1. The number of nitrogens with zero attached hydrogens (tertiary/aromatic N) is 2. The highest BCUT2D eigenvalue weighted by Crippen LogP contribution is 2.47. The van der Waals surface area contributed by atoms with E-state index < -0.39 is 0 Å². The van der Waals surface area contributed by atoms with E-state index in [9.17, 15) is 9.59 Å². The fraction of sp³-hybridized carbons (Fsp3) is 0.571. The summed E-state index contributed by atoms with van der Waals surface area (Å²) >= 11 is 1.65. The molecule has 184 valence electrons. The smallest absolute Gasteiger partial charge is 0.254 e. The van der Waals surface area contributed by atoms with Gasteiger partial charge in [-0.1, -0.05) is 57.4 Å². The number of carbonyl (C=O) groups is 2. The largest absolute Gasteiger partial charge is 0.355 e. The summed E-state index contributed by atoms with van der Waals surface area (Å²) in [6, 6.07) is 11.8. The zero-order chi connectivity index (χ0) is 23.9. The van der Waals surface area contributed by atoms with Gasteiger partial charge < -0.3 is 15.1 Å². The molecule has 1 aromatic heterocycles. The lowest BCUT2D eigenvalue weighted by molar-refractivity contribution is -0.124. The number of thiophene rings is 1. The second-order valence-electron chi connectivity index (χ2n) is 9.61. The Balaban J connectivity index is 1.56. The third-order valence-corrected chi connectivity index (χ3v) is 8.38. The van der Waals surface area contributed by atoms with Gasteiger partial charge in [-0.2, -0.15) is 0 Å². The van der Waals surface area contributed by atoms with Crippen molar-refractivity contribution in [1.29, 1.82) is 0 Å². The molecule has 5 nitrogen and oxygen atoms in total. The third-order valence-electron chi connectivity index (χ3n) is 7.44. The zero-order valence-corrected chi connectivity index (χ0v) is 21.5. The maximum absolute atomic E-state index is 13.8. The Hall–Kier alpha value is -2.18. The highest BCUT2D eigenvalue weighted by molar-refractivity contribution is 7.10. The summed E-state index contributed by atoms with van der Waals surface area (Å²) in [6.07, 6.45) is 7.70. The summed E-state index contributed by atoms with van der Waals surface area (Å²) in [5.74, 6) is -0.257. The molecular formula is C28H39N3O2S. The van der Waals surface area contributed by atoms with E-state index in [0.29, 0.717) is 12.1 Å². The van der Waals surface area contributed by atoms with Gasteiger partial charge >= 0.3 is 0 Å². The second-order valence-corrected chi connectivity index (χ2v) is 10.6. The minimum Gasteiger partial charge on any atom is -0.355 e. The van der Waals surface area contributed by atoms with Crippen LogP contribution in [-0.2, 0) is 4.79 Å². The van der Waals surface area contributed by atoms with Crippen molar-refractivity contribution in [2.24, 2.45) is 0 Å². The topological polar surface area (TPSA) is 52.7 Å². The van der Waals surface area contributed by atoms with Gasteiger partial charge in [0, 0.05) is 23.0 Å². The summed E-state index contributed by atoms with van der Waals surface area (Å²) in [7, 11) is 0. The summed E-state index contributed by atoms with van der Waals surface area (Å²) < 4.78 is 0. The molecule has 0 bridgehead atoms. The van der Waals surface area contributed by atoms with Crippen molar-refractivity contribution in [2.75, 3.05) is 26.2 Å². The predicted octanol–water partition coefficient (Wildman–Crippen LogP) is 5.60. The molecule has 0 spiro atoms. The number of fused-ring (bicyclic) bond motifs is 1. The summed E-state index contributed by atoms with van der Waals surface area (Å²) in [4.78, 5) is 33.1. The molecule has 1 fully saturated rings. The fourth-order valence-corrected chi connectivity index (χ4v) is 6.47. The van der Waals surface area contributed by atoms with Crippen molar-refractivity contribution in [1.82, 2.24) is 15.1 Å². The van der Waals surface area contributed by atoms with Crippen LogP contribution in [0.25, 0.3) is 0 Å². The number of amides is 2. The van der Waals surface area contributed by atoms with Crippen LogP contribution >= 0.6 is 11.3 Å². The lowest BCUT2D eigenvalue weighted by atomic mass is 9.80. The first-order chi connectivity index (χ1) is 16.7. The van der Waals surface area contributed by atoms with Crippen LogP contribution < -0.4 is 5.32 Å². The van der Waals surface area contributed by atoms with Crippen molar-refractivity contribution in [3.63, 3.8) is 0 Å². The van der Waals surface area contributed by atoms with Crippen LogP contribution in [-0.4, -0.2) is 53.8 Å². The average molecular weight is 482 g/mol. The van der Waals surface area contributed by atoms with Crippen LogP contribution in [0, 0.1) is 0 Å². The first kappa shape index (κ1) is 24.9. The maximum atomic E-state index is 13.8. The van der Waals surface area contributed by atoms with Crippen LogP contribution in [0.15, 0.2) is 41.8 Å². The monoisotopic (exact) mass is 481 g/mol. The fourth-order valence-electron chi connectivity index (χ4n) is 5.61. The molecule has 0 saturated heterocycles. The van der Waals surface area contributed by atoms with Crippen LogP contribution in [0.4, 0.5) is 0 Å². The van der Waals surface area contributed by atoms with Crippen molar-refractivity contribution in [3.05, 3.63) is 57.8 Å². The molecular weight excluding hydrogens is 442 g/mol. The molecule has 1 aliphatic heterocycles. The second kappa shape index (κ2) is 12.0. The molecule has 34 heavy (non-hydrogen) atoms. The molecule has 0 unspecified atom stereocenters.